The van der Waals surface area contributed by atoms with Gasteiger partial charge in [-0.25, -0.2) is 15.0 Å². The Hall–Kier alpha value is -7.63. The van der Waals surface area contributed by atoms with E-state index in [0.29, 0.717) is 29.0 Å². The van der Waals surface area contributed by atoms with E-state index >= 15 is 0 Å². The third-order valence-electron chi connectivity index (χ3n) is 11.6. The quantitative estimate of drug-likeness (QED) is 0.169. The summed E-state index contributed by atoms with van der Waals surface area (Å²) < 4.78 is 13.2. The number of ether oxygens (including phenoxy) is 2. The van der Waals surface area contributed by atoms with Gasteiger partial charge in [0.25, 0.3) is 0 Å². The van der Waals surface area contributed by atoms with Crippen LogP contribution in [-0.4, -0.2) is 15.0 Å². The minimum Gasteiger partial charge on any atom is -0.449 e. The number of hydrogen-bond acceptors (Lipinski definition) is 5. The first kappa shape index (κ1) is 34.6. The zero-order valence-corrected chi connectivity index (χ0v) is 32.6. The maximum Gasteiger partial charge on any atom is 0.178 e. The summed E-state index contributed by atoms with van der Waals surface area (Å²) in [6.07, 6.45) is 0. The number of aromatic nitrogens is 3. The first-order valence-corrected chi connectivity index (χ1v) is 19.9. The van der Waals surface area contributed by atoms with Gasteiger partial charge in [-0.2, -0.15) is 0 Å². The molecule has 0 saturated carbocycles. The highest BCUT2D eigenvalue weighted by atomic mass is 16.6. The van der Waals surface area contributed by atoms with Crippen LogP contribution >= 0.6 is 0 Å². The molecule has 9 aromatic rings. The second kappa shape index (κ2) is 13.8. The van der Waals surface area contributed by atoms with Gasteiger partial charge in [0.1, 0.15) is 0 Å². The van der Waals surface area contributed by atoms with E-state index in [0.717, 1.165) is 67.1 Å². The Morgan fingerprint density at radius 3 is 1.46 bits per heavy atom. The Morgan fingerprint density at radius 2 is 0.814 bits per heavy atom. The Bertz CT molecular complexity index is 2970. The summed E-state index contributed by atoms with van der Waals surface area (Å²) in [6, 6.07) is 64.8. The molecule has 5 heteroatoms. The smallest absolute Gasteiger partial charge is 0.178 e. The molecule has 0 spiro atoms. The Balaban J connectivity index is 0.940. The van der Waals surface area contributed by atoms with Crippen LogP contribution in [0.25, 0.3) is 78.7 Å². The Morgan fingerprint density at radius 1 is 0.339 bits per heavy atom. The van der Waals surface area contributed by atoms with Gasteiger partial charge in [0.05, 0.1) is 0 Å². The van der Waals surface area contributed by atoms with Crippen molar-refractivity contribution in [3.05, 3.63) is 199 Å². The van der Waals surface area contributed by atoms with Crippen molar-refractivity contribution >= 4 is 0 Å². The molecule has 0 radical (unpaired) electrons. The fraction of sp³-hybridized carbons (Fsp3) is 0.0556. The minimum absolute atomic E-state index is 0.119. The van der Waals surface area contributed by atoms with Crippen LogP contribution in [0.3, 0.4) is 0 Å². The lowest BCUT2D eigenvalue weighted by Crippen LogP contribution is -2.15. The second-order valence-corrected chi connectivity index (χ2v) is 15.6. The van der Waals surface area contributed by atoms with Crippen LogP contribution in [0.15, 0.2) is 188 Å². The first-order chi connectivity index (χ1) is 29.0. The lowest BCUT2D eigenvalue weighted by atomic mass is 9.82. The van der Waals surface area contributed by atoms with E-state index in [9.17, 15) is 0 Å². The van der Waals surface area contributed by atoms with E-state index in [4.69, 9.17) is 24.4 Å². The molecule has 11 rings (SSSR count). The number of nitrogens with zero attached hydrogens (tertiary/aromatic N) is 3. The van der Waals surface area contributed by atoms with E-state index in [2.05, 4.69) is 178 Å². The van der Waals surface area contributed by atoms with Crippen molar-refractivity contribution in [2.24, 2.45) is 0 Å². The summed E-state index contributed by atoms with van der Waals surface area (Å²) >= 11 is 0. The van der Waals surface area contributed by atoms with E-state index in [1.165, 1.54) is 16.7 Å². The number of rotatable bonds is 6. The summed E-state index contributed by atoms with van der Waals surface area (Å²) in [4.78, 5) is 15.3. The molecule has 0 unspecified atom stereocenters. The molecule has 2 aliphatic rings. The molecule has 1 aliphatic heterocycles. The third-order valence-corrected chi connectivity index (χ3v) is 11.6. The van der Waals surface area contributed by atoms with Crippen LogP contribution in [0.1, 0.15) is 25.0 Å². The molecule has 2 heterocycles. The molecule has 8 aromatic carbocycles. The number of benzene rings is 8. The summed E-state index contributed by atoms with van der Waals surface area (Å²) in [5.41, 5.74) is 14.0. The van der Waals surface area contributed by atoms with Gasteiger partial charge in [-0.3, -0.25) is 0 Å². The molecule has 0 atom stereocenters. The molecule has 280 valence electrons. The molecule has 59 heavy (non-hydrogen) atoms. The normalized spacial score (nSPS) is 13.0. The lowest BCUT2D eigenvalue weighted by Gasteiger charge is -2.25. The van der Waals surface area contributed by atoms with Crippen LogP contribution in [-0.2, 0) is 5.41 Å². The highest BCUT2D eigenvalue weighted by Gasteiger charge is 2.39. The van der Waals surface area contributed by atoms with E-state index in [1.54, 1.807) is 0 Å². The van der Waals surface area contributed by atoms with Crippen molar-refractivity contribution in [1.82, 2.24) is 15.0 Å². The molecule has 5 nitrogen and oxygen atoms in total. The van der Waals surface area contributed by atoms with E-state index in [1.807, 2.05) is 24.3 Å². The van der Waals surface area contributed by atoms with Crippen molar-refractivity contribution in [2.45, 2.75) is 19.3 Å². The topological polar surface area (TPSA) is 57.1 Å². The highest BCUT2D eigenvalue weighted by molar-refractivity contribution is 5.88. The van der Waals surface area contributed by atoms with Gasteiger partial charge in [0.2, 0.25) is 0 Å². The second-order valence-electron chi connectivity index (χ2n) is 15.6. The maximum atomic E-state index is 6.65. The number of hydrogen-bond donors (Lipinski definition) is 0. The van der Waals surface area contributed by atoms with Crippen LogP contribution in [0, 0.1) is 0 Å². The van der Waals surface area contributed by atoms with Gasteiger partial charge in [-0.05, 0) is 80.4 Å². The molecule has 0 fully saturated rings. The Kier molecular flexibility index (Phi) is 8.09. The summed E-state index contributed by atoms with van der Waals surface area (Å²) in [5, 5.41) is 0. The van der Waals surface area contributed by atoms with Crippen molar-refractivity contribution in [1.29, 1.82) is 0 Å². The molecular formula is C54H37N3O2. The average Bonchev–Trinajstić information content (AvgIpc) is 3.54. The fourth-order valence-electron chi connectivity index (χ4n) is 8.52. The van der Waals surface area contributed by atoms with Crippen molar-refractivity contribution in [3.8, 4) is 102 Å². The predicted molar refractivity (Wildman–Crippen MR) is 237 cm³/mol. The summed E-state index contributed by atoms with van der Waals surface area (Å²) in [5.74, 6) is 4.71. The molecule has 0 bridgehead atoms. The lowest BCUT2D eigenvalue weighted by molar-refractivity contribution is 0.360. The van der Waals surface area contributed by atoms with Crippen molar-refractivity contribution < 1.29 is 9.47 Å². The van der Waals surface area contributed by atoms with Crippen molar-refractivity contribution in [2.75, 3.05) is 0 Å². The largest absolute Gasteiger partial charge is 0.449 e. The van der Waals surface area contributed by atoms with Crippen LogP contribution < -0.4 is 9.47 Å². The first-order valence-electron chi connectivity index (χ1n) is 19.9. The highest BCUT2D eigenvalue weighted by Crippen LogP contribution is 2.58. The summed E-state index contributed by atoms with van der Waals surface area (Å²) in [6.45, 7) is 4.54. The molecular weight excluding hydrogens is 723 g/mol. The number of fused-ring (bicyclic) bond motifs is 6. The predicted octanol–water partition coefficient (Wildman–Crippen LogP) is 14.1. The molecule has 1 aliphatic carbocycles. The van der Waals surface area contributed by atoms with Gasteiger partial charge >= 0.3 is 0 Å². The zero-order valence-electron chi connectivity index (χ0n) is 32.6. The van der Waals surface area contributed by atoms with Gasteiger partial charge in [-0.1, -0.05) is 172 Å². The van der Waals surface area contributed by atoms with Crippen LogP contribution in [0.5, 0.6) is 23.0 Å². The molecule has 0 saturated heterocycles. The summed E-state index contributed by atoms with van der Waals surface area (Å²) in [7, 11) is 0. The fourth-order valence-corrected chi connectivity index (χ4v) is 8.52. The third kappa shape index (κ3) is 6.07. The van der Waals surface area contributed by atoms with Crippen LogP contribution in [0.2, 0.25) is 0 Å². The minimum atomic E-state index is -0.119. The zero-order chi connectivity index (χ0) is 39.5. The standard InChI is InChI=1S/C54H37N3O2/c1-54(2)44-22-10-9-21-43(44)49-45(54)28-30-47-50(49)59-46-29-27-40(33-48(46)58-47)36-23-25-37(26-24-36)51-55-52(41-19-11-17-38(31-41)34-13-5-3-6-14-34)57-53(56-51)42-20-12-18-39(32-42)35-15-7-4-8-16-35/h3-33H,1-2H3. The van der Waals surface area contributed by atoms with Gasteiger partial charge in [0, 0.05) is 27.7 Å². The van der Waals surface area contributed by atoms with Gasteiger partial charge < -0.3 is 9.47 Å². The monoisotopic (exact) mass is 759 g/mol. The van der Waals surface area contributed by atoms with Crippen LogP contribution in [0.4, 0.5) is 0 Å². The van der Waals surface area contributed by atoms with Gasteiger partial charge in [0.15, 0.2) is 40.5 Å². The maximum absolute atomic E-state index is 6.65. The SMILES string of the molecule is CC1(C)c2ccccc2-c2c1ccc1c2Oc2ccc(-c3ccc(-c4nc(-c5cccc(-c6ccccc6)c5)nc(-c5cccc(-c6ccccc6)c5)n4)cc3)cc2O1. The van der Waals surface area contributed by atoms with E-state index < -0.39 is 0 Å². The van der Waals surface area contributed by atoms with Crippen molar-refractivity contribution in [3.63, 3.8) is 0 Å². The van der Waals surface area contributed by atoms with Gasteiger partial charge in [-0.15, -0.1) is 0 Å². The average molecular weight is 760 g/mol. The molecule has 0 amide bonds. The Labute approximate surface area is 343 Å². The van der Waals surface area contributed by atoms with E-state index in [-0.39, 0.29) is 5.41 Å². The molecule has 1 aromatic heterocycles. The molecule has 0 N–H and O–H groups in total.